The van der Waals surface area contributed by atoms with Crippen LogP contribution in [0.1, 0.15) is 34.1 Å². The van der Waals surface area contributed by atoms with Crippen LogP contribution in [0.5, 0.6) is 0 Å². The average molecular weight is 488 g/mol. The number of carbonyl (C=O) groups is 1. The lowest BCUT2D eigenvalue weighted by Gasteiger charge is -2.28. The molecule has 3 heterocycles. The fourth-order valence-corrected chi connectivity index (χ4v) is 6.11. The van der Waals surface area contributed by atoms with Gasteiger partial charge < -0.3 is 25.0 Å². The summed E-state index contributed by atoms with van der Waals surface area (Å²) in [6.45, 7) is 5.15. The van der Waals surface area contributed by atoms with Gasteiger partial charge in [0.1, 0.15) is 5.00 Å². The van der Waals surface area contributed by atoms with E-state index in [1.54, 1.807) is 11.3 Å². The maximum atomic E-state index is 12.6. The Morgan fingerprint density at radius 1 is 1.24 bits per heavy atom. The molecule has 0 amide bonds. The van der Waals surface area contributed by atoms with Crippen molar-refractivity contribution in [3.05, 3.63) is 28.1 Å². The lowest BCUT2D eigenvalue weighted by atomic mass is 9.88. The van der Waals surface area contributed by atoms with E-state index in [0.717, 1.165) is 43.6 Å². The molecule has 174 valence electrons. The molecular formula is C22H25N5O4S2. The molecule has 1 atom stereocenters. The van der Waals surface area contributed by atoms with Crippen LogP contribution in [0.3, 0.4) is 0 Å². The maximum absolute atomic E-state index is 12.6. The summed E-state index contributed by atoms with van der Waals surface area (Å²) < 4.78 is 15.6. The molecule has 2 N–H and O–H groups in total. The number of hydrogen-bond donors (Lipinski definition) is 2. The van der Waals surface area contributed by atoms with Gasteiger partial charge in [0.25, 0.3) is 0 Å². The normalized spacial score (nSPS) is 18.1. The van der Waals surface area contributed by atoms with Crippen LogP contribution < -0.4 is 15.5 Å². The van der Waals surface area contributed by atoms with E-state index in [1.807, 2.05) is 12.1 Å². The minimum atomic E-state index is -0.342. The molecule has 0 radical (unpaired) electrons. The Labute approximate surface area is 200 Å². The number of anilines is 3. The first-order valence-electron chi connectivity index (χ1n) is 10.9. The number of ether oxygens (including phenoxy) is 2. The Balaban J connectivity index is 1.39. The average Bonchev–Trinajstić information content (AvgIpc) is 3.44. The quantitative estimate of drug-likeness (QED) is 0.417. The number of thiophene rings is 1. The summed E-state index contributed by atoms with van der Waals surface area (Å²) >= 11 is 7.16. The third kappa shape index (κ3) is 4.28. The molecule has 3 aromatic rings. The van der Waals surface area contributed by atoms with Gasteiger partial charge in [0.05, 0.1) is 37.3 Å². The highest BCUT2D eigenvalue weighted by molar-refractivity contribution is 7.80. The molecule has 1 aliphatic carbocycles. The second kappa shape index (κ2) is 9.24. The van der Waals surface area contributed by atoms with E-state index in [4.69, 9.17) is 26.3 Å². The molecule has 0 bridgehead atoms. The van der Waals surface area contributed by atoms with Gasteiger partial charge in [-0.1, -0.05) is 6.92 Å². The minimum absolute atomic E-state index is 0.342. The largest absolute Gasteiger partial charge is 0.465 e. The van der Waals surface area contributed by atoms with E-state index in [1.165, 1.54) is 12.0 Å². The van der Waals surface area contributed by atoms with E-state index in [-0.39, 0.29) is 5.97 Å². The second-order valence-corrected chi connectivity index (χ2v) is 9.83. The number of carbonyl (C=O) groups excluding carboxylic acids is 1. The molecule has 2 aliphatic rings. The van der Waals surface area contributed by atoms with Crippen molar-refractivity contribution >= 4 is 62.0 Å². The zero-order chi connectivity index (χ0) is 22.9. The number of fused-ring (bicyclic) bond motifs is 2. The van der Waals surface area contributed by atoms with Crippen molar-refractivity contribution in [2.75, 3.05) is 48.9 Å². The van der Waals surface area contributed by atoms with Gasteiger partial charge >= 0.3 is 5.97 Å². The SMILES string of the molecule is COC(=O)c1c(NC(=S)Nc2ccc(N3CCOCC3)c3nonc23)sc2c1CCC(C)C2. The number of methoxy groups -OCH3 is 1. The number of morpholine rings is 1. The first-order valence-corrected chi connectivity index (χ1v) is 12.2. The van der Waals surface area contributed by atoms with Gasteiger partial charge in [-0.05, 0) is 65.4 Å². The highest BCUT2D eigenvalue weighted by Crippen LogP contribution is 2.40. The highest BCUT2D eigenvalue weighted by Gasteiger charge is 2.28. The molecule has 1 aromatic carbocycles. The Morgan fingerprint density at radius 2 is 2.03 bits per heavy atom. The number of nitrogens with zero attached hydrogens (tertiary/aromatic N) is 3. The van der Waals surface area contributed by atoms with Gasteiger partial charge in [0.15, 0.2) is 16.1 Å². The molecule has 1 fully saturated rings. The number of aromatic nitrogens is 2. The van der Waals surface area contributed by atoms with Crippen molar-refractivity contribution in [1.82, 2.24) is 10.3 Å². The van der Waals surface area contributed by atoms with Crippen LogP contribution in [-0.2, 0) is 22.3 Å². The Hall–Kier alpha value is -2.76. The van der Waals surface area contributed by atoms with Crippen LogP contribution in [0.4, 0.5) is 16.4 Å². The van der Waals surface area contributed by atoms with Gasteiger partial charge in [-0.3, -0.25) is 0 Å². The summed E-state index contributed by atoms with van der Waals surface area (Å²) in [4.78, 5) is 16.0. The molecule has 1 aliphatic heterocycles. The lowest BCUT2D eigenvalue weighted by molar-refractivity contribution is 0.0601. The van der Waals surface area contributed by atoms with Crippen molar-refractivity contribution in [3.8, 4) is 0 Å². The molecule has 2 aromatic heterocycles. The molecule has 1 unspecified atom stereocenters. The fraction of sp³-hybridized carbons (Fsp3) is 0.455. The van der Waals surface area contributed by atoms with Gasteiger partial charge in [-0.25, -0.2) is 9.42 Å². The van der Waals surface area contributed by atoms with Gasteiger partial charge in [0, 0.05) is 18.0 Å². The molecule has 33 heavy (non-hydrogen) atoms. The number of esters is 1. The van der Waals surface area contributed by atoms with Crippen LogP contribution in [0.2, 0.25) is 0 Å². The lowest BCUT2D eigenvalue weighted by Crippen LogP contribution is -2.36. The van der Waals surface area contributed by atoms with Crippen molar-refractivity contribution in [2.24, 2.45) is 5.92 Å². The third-order valence-corrected chi connectivity index (χ3v) is 7.50. The number of hydrogen-bond acceptors (Lipinski definition) is 9. The number of rotatable bonds is 4. The van der Waals surface area contributed by atoms with E-state index in [0.29, 0.717) is 51.5 Å². The predicted molar refractivity (Wildman–Crippen MR) is 132 cm³/mol. The summed E-state index contributed by atoms with van der Waals surface area (Å²) in [6, 6.07) is 3.89. The summed E-state index contributed by atoms with van der Waals surface area (Å²) in [7, 11) is 1.41. The van der Waals surface area contributed by atoms with Crippen molar-refractivity contribution in [1.29, 1.82) is 0 Å². The van der Waals surface area contributed by atoms with Crippen molar-refractivity contribution < 1.29 is 18.9 Å². The fourth-order valence-electron chi connectivity index (χ4n) is 4.43. The van der Waals surface area contributed by atoms with Crippen molar-refractivity contribution in [2.45, 2.75) is 26.2 Å². The molecule has 9 nitrogen and oxygen atoms in total. The van der Waals surface area contributed by atoms with E-state index >= 15 is 0 Å². The Morgan fingerprint density at radius 3 is 2.82 bits per heavy atom. The topological polar surface area (TPSA) is 102 Å². The summed E-state index contributed by atoms with van der Waals surface area (Å²) in [6.07, 6.45) is 2.89. The first kappa shape index (κ1) is 22.1. The highest BCUT2D eigenvalue weighted by atomic mass is 32.1. The summed E-state index contributed by atoms with van der Waals surface area (Å²) in [5.74, 6) is 0.253. The molecule has 5 rings (SSSR count). The predicted octanol–water partition coefficient (Wildman–Crippen LogP) is 3.84. The number of thiocarbonyl (C=S) groups is 1. The van der Waals surface area contributed by atoms with Crippen LogP contribution in [-0.4, -0.2) is 54.8 Å². The zero-order valence-electron chi connectivity index (χ0n) is 18.5. The zero-order valence-corrected chi connectivity index (χ0v) is 20.1. The van der Waals surface area contributed by atoms with E-state index < -0.39 is 0 Å². The van der Waals surface area contributed by atoms with Gasteiger partial charge in [-0.2, -0.15) is 0 Å². The van der Waals surface area contributed by atoms with Crippen molar-refractivity contribution in [3.63, 3.8) is 0 Å². The minimum Gasteiger partial charge on any atom is -0.465 e. The monoisotopic (exact) mass is 487 g/mol. The van der Waals surface area contributed by atoms with Crippen LogP contribution in [0.15, 0.2) is 16.8 Å². The molecular weight excluding hydrogens is 462 g/mol. The smallest absolute Gasteiger partial charge is 0.341 e. The van der Waals surface area contributed by atoms with E-state index in [2.05, 4.69) is 32.8 Å². The molecule has 0 saturated carbocycles. The Bertz CT molecular complexity index is 1200. The molecule has 0 spiro atoms. The number of nitrogens with one attached hydrogen (secondary N) is 2. The van der Waals surface area contributed by atoms with Crippen LogP contribution in [0, 0.1) is 5.92 Å². The standard InChI is InChI=1S/C22H25N5O4S2/c1-12-3-4-13-16(11-12)33-20(17(13)21(28)29-2)24-22(32)23-14-5-6-15(19-18(14)25-31-26-19)27-7-9-30-10-8-27/h5-6,12H,3-4,7-11H2,1-2H3,(H2,23,24,32). The van der Waals surface area contributed by atoms with Gasteiger partial charge in [-0.15, -0.1) is 11.3 Å². The summed E-state index contributed by atoms with van der Waals surface area (Å²) in [5.41, 5.74) is 4.55. The Kier molecular flexibility index (Phi) is 6.17. The van der Waals surface area contributed by atoms with Crippen LogP contribution >= 0.6 is 23.6 Å². The van der Waals surface area contributed by atoms with E-state index in [9.17, 15) is 4.79 Å². The third-order valence-electron chi connectivity index (χ3n) is 6.12. The maximum Gasteiger partial charge on any atom is 0.341 e. The number of benzene rings is 1. The molecule has 1 saturated heterocycles. The van der Waals surface area contributed by atoms with Gasteiger partial charge in [0.2, 0.25) is 0 Å². The van der Waals surface area contributed by atoms with Crippen LogP contribution in [0.25, 0.3) is 11.0 Å². The molecule has 11 heteroatoms. The second-order valence-electron chi connectivity index (χ2n) is 8.32. The first-order chi connectivity index (χ1) is 16.0. The summed E-state index contributed by atoms with van der Waals surface area (Å²) in [5, 5.41) is 15.7.